The third kappa shape index (κ3) is 4.15. The maximum atomic E-state index is 12.8. The molecule has 1 aliphatic heterocycles. The minimum atomic E-state index is -0.729. The number of rotatable bonds is 5. The maximum Gasteiger partial charge on any atom is 0.260 e. The summed E-state index contributed by atoms with van der Waals surface area (Å²) in [6.45, 7) is 5.85. The van der Waals surface area contributed by atoms with Gasteiger partial charge in [0.1, 0.15) is 17.2 Å². The molecule has 4 N–H and O–H groups in total. The Hall–Kier alpha value is -2.51. The van der Waals surface area contributed by atoms with Crippen LogP contribution < -0.4 is 11.1 Å². The molecular weight excluding hydrogens is 354 g/mol. The first kappa shape index (κ1) is 18.8. The summed E-state index contributed by atoms with van der Waals surface area (Å²) in [4.78, 5) is 23.6. The minimum absolute atomic E-state index is 0.232. The van der Waals surface area contributed by atoms with Gasteiger partial charge < -0.3 is 16.2 Å². The van der Waals surface area contributed by atoms with Crippen molar-refractivity contribution in [2.24, 2.45) is 0 Å². The van der Waals surface area contributed by atoms with Gasteiger partial charge in [-0.15, -0.1) is 0 Å². The Bertz CT molecular complexity index is 902. The normalized spacial score (nSPS) is 17.2. The SMILES string of the molecule is CC(C)(O)CN1CCc2c(cccc2NC(=O)c2cnc(C3CC3)nc2N)C1. The first-order chi connectivity index (χ1) is 13.3. The van der Waals surface area contributed by atoms with Gasteiger partial charge in [0.05, 0.1) is 5.60 Å². The molecule has 0 saturated heterocycles. The molecule has 0 bridgehead atoms. The van der Waals surface area contributed by atoms with Crippen molar-refractivity contribution in [2.75, 3.05) is 24.1 Å². The number of aromatic nitrogens is 2. The average Bonchev–Trinajstić information content (AvgIpc) is 3.45. The van der Waals surface area contributed by atoms with Crippen LogP contribution in [0.15, 0.2) is 24.4 Å². The lowest BCUT2D eigenvalue weighted by Gasteiger charge is -2.33. The molecule has 0 radical (unpaired) electrons. The van der Waals surface area contributed by atoms with Gasteiger partial charge in [-0.1, -0.05) is 12.1 Å². The summed E-state index contributed by atoms with van der Waals surface area (Å²) < 4.78 is 0. The highest BCUT2D eigenvalue weighted by Crippen LogP contribution is 2.38. The van der Waals surface area contributed by atoms with Gasteiger partial charge in [0.15, 0.2) is 0 Å². The summed E-state index contributed by atoms with van der Waals surface area (Å²) in [7, 11) is 0. The zero-order chi connectivity index (χ0) is 19.9. The fraction of sp³-hybridized carbons (Fsp3) is 0.476. The second-order valence-corrected chi connectivity index (χ2v) is 8.47. The fourth-order valence-corrected chi connectivity index (χ4v) is 3.78. The van der Waals surface area contributed by atoms with Crippen molar-refractivity contribution in [1.82, 2.24) is 14.9 Å². The van der Waals surface area contributed by atoms with Gasteiger partial charge in [0, 0.05) is 37.4 Å². The Kier molecular flexibility index (Phi) is 4.81. The van der Waals surface area contributed by atoms with E-state index in [0.29, 0.717) is 18.0 Å². The Morgan fingerprint density at radius 2 is 2.18 bits per heavy atom. The highest BCUT2D eigenvalue weighted by molar-refractivity contribution is 6.07. The first-order valence-electron chi connectivity index (χ1n) is 9.79. The number of hydrogen-bond donors (Lipinski definition) is 3. The number of fused-ring (bicyclic) bond motifs is 1. The lowest BCUT2D eigenvalue weighted by molar-refractivity contribution is 0.0318. The van der Waals surface area contributed by atoms with Gasteiger partial charge in [0.2, 0.25) is 0 Å². The molecule has 7 nitrogen and oxygen atoms in total. The number of carbonyl (C=O) groups excluding carboxylic acids is 1. The second kappa shape index (κ2) is 7.14. The molecule has 28 heavy (non-hydrogen) atoms. The molecule has 2 aromatic rings. The predicted octanol–water partition coefficient (Wildman–Crippen LogP) is 2.32. The van der Waals surface area contributed by atoms with Gasteiger partial charge >= 0.3 is 0 Å². The van der Waals surface area contributed by atoms with Crippen LogP contribution in [-0.4, -0.2) is 44.6 Å². The van der Waals surface area contributed by atoms with E-state index in [4.69, 9.17) is 5.73 Å². The van der Waals surface area contributed by atoms with Gasteiger partial charge in [-0.3, -0.25) is 9.69 Å². The van der Waals surface area contributed by atoms with Crippen LogP contribution in [0.3, 0.4) is 0 Å². The lowest BCUT2D eigenvalue weighted by atomic mass is 9.96. The van der Waals surface area contributed by atoms with E-state index in [9.17, 15) is 9.90 Å². The molecular formula is C21H27N5O2. The lowest BCUT2D eigenvalue weighted by Crippen LogP contribution is -2.41. The molecule has 1 aromatic heterocycles. The average molecular weight is 381 g/mol. The molecule has 0 unspecified atom stereocenters. The van der Waals surface area contributed by atoms with Gasteiger partial charge in [-0.05, 0) is 50.3 Å². The molecule has 1 saturated carbocycles. The van der Waals surface area contributed by atoms with Crippen LogP contribution in [0.2, 0.25) is 0 Å². The standard InChI is InChI=1S/C21H27N5O2/c1-21(2,28)12-26-9-8-15-14(11-26)4-3-5-17(15)24-20(27)16-10-23-19(13-6-7-13)25-18(16)22/h3-5,10,13,28H,6-9,11-12H2,1-2H3,(H,24,27)(H2,22,23,25). The molecule has 2 heterocycles. The quantitative estimate of drug-likeness (QED) is 0.734. The Balaban J connectivity index is 1.50. The third-order valence-electron chi connectivity index (χ3n) is 5.23. The van der Waals surface area contributed by atoms with Crippen LogP contribution in [0.25, 0.3) is 0 Å². The summed E-state index contributed by atoms with van der Waals surface area (Å²) in [5.74, 6) is 1.08. The highest BCUT2D eigenvalue weighted by atomic mass is 16.3. The van der Waals surface area contributed by atoms with E-state index in [-0.39, 0.29) is 11.7 Å². The molecule has 0 atom stereocenters. The summed E-state index contributed by atoms with van der Waals surface area (Å²) >= 11 is 0. The zero-order valence-corrected chi connectivity index (χ0v) is 16.4. The van der Waals surface area contributed by atoms with E-state index in [1.54, 1.807) is 0 Å². The number of anilines is 2. The molecule has 4 rings (SSSR count). The molecule has 1 fully saturated rings. The molecule has 1 aliphatic carbocycles. The van der Waals surface area contributed by atoms with Crippen LogP contribution >= 0.6 is 0 Å². The number of nitrogens with zero attached hydrogens (tertiary/aromatic N) is 3. The Morgan fingerprint density at radius 3 is 2.86 bits per heavy atom. The molecule has 2 aliphatic rings. The second-order valence-electron chi connectivity index (χ2n) is 8.47. The highest BCUT2D eigenvalue weighted by Gasteiger charge is 2.28. The third-order valence-corrected chi connectivity index (χ3v) is 5.23. The number of benzene rings is 1. The molecule has 1 aromatic carbocycles. The van der Waals surface area contributed by atoms with E-state index in [0.717, 1.165) is 49.4 Å². The number of amides is 1. The number of β-amino-alcohol motifs (C(OH)–C–C–N with tert-alkyl or cyclic N) is 1. The van der Waals surface area contributed by atoms with Crippen LogP contribution in [-0.2, 0) is 13.0 Å². The van der Waals surface area contributed by atoms with Crippen molar-refractivity contribution in [3.05, 3.63) is 46.9 Å². The molecule has 7 heteroatoms. The van der Waals surface area contributed by atoms with Crippen LogP contribution in [0.5, 0.6) is 0 Å². The van der Waals surface area contributed by atoms with Crippen LogP contribution in [0.1, 0.15) is 59.9 Å². The molecule has 0 spiro atoms. The fourth-order valence-electron chi connectivity index (χ4n) is 3.78. The minimum Gasteiger partial charge on any atom is -0.389 e. The van der Waals surface area contributed by atoms with Crippen molar-refractivity contribution < 1.29 is 9.90 Å². The number of nitrogens with one attached hydrogen (secondary N) is 1. The van der Waals surface area contributed by atoms with Crippen molar-refractivity contribution in [2.45, 2.75) is 51.2 Å². The van der Waals surface area contributed by atoms with Crippen LogP contribution in [0, 0.1) is 0 Å². The smallest absolute Gasteiger partial charge is 0.260 e. The number of nitrogen functional groups attached to an aromatic ring is 1. The number of carbonyl (C=O) groups is 1. The van der Waals surface area contributed by atoms with E-state index in [2.05, 4.69) is 26.3 Å². The van der Waals surface area contributed by atoms with Gasteiger partial charge in [0.25, 0.3) is 5.91 Å². The largest absolute Gasteiger partial charge is 0.389 e. The summed E-state index contributed by atoms with van der Waals surface area (Å²) in [6.07, 6.45) is 4.53. The van der Waals surface area contributed by atoms with E-state index in [1.807, 2.05) is 26.0 Å². The summed E-state index contributed by atoms with van der Waals surface area (Å²) in [5, 5.41) is 13.1. The summed E-state index contributed by atoms with van der Waals surface area (Å²) in [6, 6.07) is 5.93. The zero-order valence-electron chi connectivity index (χ0n) is 16.4. The number of aliphatic hydroxyl groups is 1. The Morgan fingerprint density at radius 1 is 1.39 bits per heavy atom. The van der Waals surface area contributed by atoms with Crippen LogP contribution in [0.4, 0.5) is 11.5 Å². The van der Waals surface area contributed by atoms with Crippen molar-refractivity contribution in [1.29, 1.82) is 0 Å². The monoisotopic (exact) mass is 381 g/mol. The van der Waals surface area contributed by atoms with E-state index in [1.165, 1.54) is 11.8 Å². The van der Waals surface area contributed by atoms with Crippen molar-refractivity contribution in [3.63, 3.8) is 0 Å². The molecule has 148 valence electrons. The number of nitrogens with two attached hydrogens (primary N) is 1. The molecule has 1 amide bonds. The van der Waals surface area contributed by atoms with Crippen molar-refractivity contribution >= 4 is 17.4 Å². The predicted molar refractivity (Wildman–Crippen MR) is 108 cm³/mol. The van der Waals surface area contributed by atoms with Gasteiger partial charge in [-0.25, -0.2) is 9.97 Å². The summed E-state index contributed by atoms with van der Waals surface area (Å²) in [5.41, 5.74) is 8.70. The van der Waals surface area contributed by atoms with E-state index < -0.39 is 5.60 Å². The topological polar surface area (TPSA) is 104 Å². The first-order valence-corrected chi connectivity index (χ1v) is 9.79. The van der Waals surface area contributed by atoms with E-state index >= 15 is 0 Å². The maximum absolute atomic E-state index is 12.8. The Labute approximate surface area is 165 Å². The number of hydrogen-bond acceptors (Lipinski definition) is 6. The van der Waals surface area contributed by atoms with Gasteiger partial charge in [-0.2, -0.15) is 0 Å². The van der Waals surface area contributed by atoms with Crippen molar-refractivity contribution in [3.8, 4) is 0 Å².